The second-order valence-electron chi connectivity index (χ2n) is 9.56. The lowest BCUT2D eigenvalue weighted by atomic mass is 9.97. The number of rotatable bonds is 9. The molecule has 0 radical (unpaired) electrons. The number of nitrogens with one attached hydrogen (secondary N) is 1. The van der Waals surface area contributed by atoms with E-state index in [9.17, 15) is 23.5 Å². The van der Waals surface area contributed by atoms with Gasteiger partial charge in [-0.3, -0.25) is 9.52 Å². The van der Waals surface area contributed by atoms with Crippen LogP contribution in [0.3, 0.4) is 0 Å². The summed E-state index contributed by atoms with van der Waals surface area (Å²) >= 11 is 0. The van der Waals surface area contributed by atoms with E-state index in [0.717, 1.165) is 42.9 Å². The fourth-order valence-corrected chi connectivity index (χ4v) is 6.16. The van der Waals surface area contributed by atoms with E-state index in [0.29, 0.717) is 12.0 Å². The van der Waals surface area contributed by atoms with Gasteiger partial charge in [-0.2, -0.15) is 0 Å². The van der Waals surface area contributed by atoms with Crippen LogP contribution < -0.4 is 10.3 Å². The number of aliphatic hydroxyl groups is 1. The third kappa shape index (κ3) is 5.66. The van der Waals surface area contributed by atoms with Crippen molar-refractivity contribution in [2.45, 2.75) is 63.3 Å². The van der Waals surface area contributed by atoms with Crippen molar-refractivity contribution in [3.63, 3.8) is 0 Å². The summed E-state index contributed by atoms with van der Waals surface area (Å²) in [6.45, 7) is 1.66. The molecule has 1 fully saturated rings. The van der Waals surface area contributed by atoms with Crippen molar-refractivity contribution in [3.05, 3.63) is 81.2 Å². The largest absolute Gasteiger partial charge is 0.423 e. The van der Waals surface area contributed by atoms with Crippen LogP contribution >= 0.6 is 10.7 Å². The number of carbonyl (C=O) groups excluding carboxylic acids is 1. The molecule has 1 unspecified atom stereocenters. The molecule has 1 aliphatic carbocycles. The molecule has 1 heterocycles. The lowest BCUT2D eigenvalue weighted by molar-refractivity contribution is -0.0129. The van der Waals surface area contributed by atoms with Crippen LogP contribution in [0, 0.1) is 0 Å². The van der Waals surface area contributed by atoms with Gasteiger partial charge >= 0.3 is 5.63 Å². The molecule has 1 atom stereocenters. The molecule has 0 aliphatic heterocycles. The van der Waals surface area contributed by atoms with Gasteiger partial charge in [0.05, 0.1) is 12.1 Å². The van der Waals surface area contributed by atoms with Crippen molar-refractivity contribution in [3.8, 4) is 0 Å². The maximum atomic E-state index is 14.7. The third-order valence-electron chi connectivity index (χ3n) is 6.79. The minimum atomic E-state index is -3.13. The van der Waals surface area contributed by atoms with Crippen LogP contribution in [0.4, 0.5) is 8.78 Å². The minimum Gasteiger partial charge on any atom is -0.423 e. The van der Waals surface area contributed by atoms with Gasteiger partial charge in [0.1, 0.15) is 5.58 Å². The van der Waals surface area contributed by atoms with E-state index in [1.54, 1.807) is 37.3 Å². The number of fused-ring (bicyclic) bond motifs is 1. The number of halogens is 2. The van der Waals surface area contributed by atoms with Crippen LogP contribution in [0.5, 0.6) is 0 Å². The zero-order chi connectivity index (χ0) is 25.9. The zero-order valence-corrected chi connectivity index (χ0v) is 21.1. The molecule has 4 rings (SSSR count). The van der Waals surface area contributed by atoms with E-state index in [-0.39, 0.29) is 41.1 Å². The first kappa shape index (κ1) is 26.4. The summed E-state index contributed by atoms with van der Waals surface area (Å²) in [7, 11) is -0.976. The second-order valence-corrected chi connectivity index (χ2v) is 10.9. The number of hydrogen-bond acceptors (Lipinski definition) is 5. The predicted octanol–water partition coefficient (Wildman–Crippen LogP) is 5.93. The maximum Gasteiger partial charge on any atom is 0.336 e. The molecular formula is C28H31F2NO4S. The highest BCUT2D eigenvalue weighted by atomic mass is 32.2. The van der Waals surface area contributed by atoms with E-state index >= 15 is 0 Å². The minimum absolute atomic E-state index is 0.0144. The first-order valence-electron chi connectivity index (χ1n) is 12.2. The van der Waals surface area contributed by atoms with Crippen molar-refractivity contribution >= 4 is 32.6 Å². The quantitative estimate of drug-likeness (QED) is 0.273. The van der Waals surface area contributed by atoms with E-state index in [1.165, 1.54) is 0 Å². The van der Waals surface area contributed by atoms with Gasteiger partial charge in [0.25, 0.3) is 5.92 Å². The van der Waals surface area contributed by atoms with Crippen molar-refractivity contribution in [2.24, 2.45) is 0 Å². The topological polar surface area (TPSA) is 79.5 Å². The fraction of sp³-hybridized carbons (Fsp3) is 0.393. The lowest BCUT2D eigenvalue weighted by Gasteiger charge is -2.29. The normalized spacial score (nSPS) is 16.3. The molecular weight excluding hydrogens is 484 g/mol. The summed E-state index contributed by atoms with van der Waals surface area (Å²) in [5, 5.41) is 9.91. The molecule has 192 valence electrons. The van der Waals surface area contributed by atoms with E-state index in [2.05, 4.69) is 10.6 Å². The number of hydrogen-bond donors (Lipinski definition) is 2. The van der Waals surface area contributed by atoms with E-state index in [1.807, 2.05) is 12.1 Å². The summed E-state index contributed by atoms with van der Waals surface area (Å²) in [6.07, 6.45) is 4.09. The highest BCUT2D eigenvalue weighted by molar-refractivity contribution is 8.25. The molecule has 1 aliphatic rings. The van der Waals surface area contributed by atoms with Crippen LogP contribution in [0.15, 0.2) is 57.7 Å². The first-order chi connectivity index (χ1) is 17.2. The van der Waals surface area contributed by atoms with Crippen molar-refractivity contribution < 1.29 is 23.1 Å². The van der Waals surface area contributed by atoms with Crippen LogP contribution in [-0.4, -0.2) is 28.2 Å². The highest BCUT2D eigenvalue weighted by Gasteiger charge is 2.35. The van der Waals surface area contributed by atoms with Gasteiger partial charge in [0.2, 0.25) is 5.12 Å². The average molecular weight is 516 g/mol. The Labute approximate surface area is 211 Å². The Morgan fingerprint density at radius 2 is 1.81 bits per heavy atom. The molecule has 1 aromatic heterocycles. The van der Waals surface area contributed by atoms with E-state index < -0.39 is 27.8 Å². The summed E-state index contributed by atoms with van der Waals surface area (Å²) in [5.74, 6) is 0.872. The predicted molar refractivity (Wildman–Crippen MR) is 141 cm³/mol. The molecule has 36 heavy (non-hydrogen) atoms. The number of aliphatic hydroxyl groups excluding tert-OH is 1. The van der Waals surface area contributed by atoms with E-state index in [4.69, 9.17) is 4.42 Å². The Morgan fingerprint density at radius 3 is 2.44 bits per heavy atom. The van der Waals surface area contributed by atoms with Crippen molar-refractivity contribution in [1.82, 2.24) is 4.72 Å². The Balaban J connectivity index is 1.52. The summed E-state index contributed by atoms with van der Waals surface area (Å²) in [5.41, 5.74) is 0.823. The number of benzene rings is 2. The summed E-state index contributed by atoms with van der Waals surface area (Å²) < 4.78 is 37.9. The summed E-state index contributed by atoms with van der Waals surface area (Å²) in [6, 6.07) is 13.0. The molecule has 1 saturated carbocycles. The molecule has 0 spiro atoms. The van der Waals surface area contributed by atoms with Gasteiger partial charge in [0.15, 0.2) is 0 Å². The molecule has 5 nitrogen and oxygen atoms in total. The SMILES string of the molecule is C=S(NC1(CO)CCCC1)C(=O)c1ccc(Cc2ccc3oc(=O)cc(C(F)(F)CCC)c3c2)cc1. The fourth-order valence-electron chi connectivity index (χ4n) is 4.86. The molecule has 2 aromatic carbocycles. The Morgan fingerprint density at radius 1 is 1.14 bits per heavy atom. The first-order valence-corrected chi connectivity index (χ1v) is 13.6. The third-order valence-corrected chi connectivity index (χ3v) is 8.15. The molecule has 2 N–H and O–H groups in total. The summed E-state index contributed by atoms with van der Waals surface area (Å²) in [4.78, 5) is 24.8. The van der Waals surface area contributed by atoms with Crippen molar-refractivity contribution in [2.75, 3.05) is 6.61 Å². The van der Waals surface area contributed by atoms with Crippen LogP contribution in [-0.2, 0) is 12.3 Å². The number of carbonyl (C=O) groups is 1. The maximum absolute atomic E-state index is 14.7. The Bertz CT molecular complexity index is 1330. The monoisotopic (exact) mass is 515 g/mol. The number of alkyl halides is 2. The Kier molecular flexibility index (Phi) is 7.87. The second kappa shape index (κ2) is 10.7. The average Bonchev–Trinajstić information content (AvgIpc) is 3.32. The van der Waals surface area contributed by atoms with Gasteiger partial charge in [-0.05, 0) is 42.5 Å². The van der Waals surface area contributed by atoms with Gasteiger partial charge in [0, 0.05) is 29.0 Å². The standard InChI is InChI=1S/C28H31F2NO4S/c1-3-12-28(29,30)23-17-25(33)35-24-11-8-20(16-22(23)24)15-19-6-9-21(10-7-19)26(34)36(2)31-27(18-32)13-4-5-14-27/h6-11,16-17,31-32H,2-5,12-15,18H2,1H3. The Hall–Kier alpha value is -2.68. The molecule has 0 bridgehead atoms. The van der Waals surface area contributed by atoms with Gasteiger partial charge < -0.3 is 9.52 Å². The van der Waals surface area contributed by atoms with Crippen LogP contribution in [0.25, 0.3) is 11.0 Å². The van der Waals surface area contributed by atoms with Crippen LogP contribution in [0.2, 0.25) is 0 Å². The van der Waals surface area contributed by atoms with Gasteiger partial charge in [-0.1, -0.05) is 73.1 Å². The molecule has 0 amide bonds. The lowest BCUT2D eigenvalue weighted by Crippen LogP contribution is -2.43. The molecule has 0 saturated heterocycles. The smallest absolute Gasteiger partial charge is 0.336 e. The zero-order valence-electron chi connectivity index (χ0n) is 20.3. The highest BCUT2D eigenvalue weighted by Crippen LogP contribution is 2.37. The van der Waals surface area contributed by atoms with Crippen LogP contribution in [0.1, 0.15) is 72.5 Å². The van der Waals surface area contributed by atoms with Crippen molar-refractivity contribution in [1.29, 1.82) is 0 Å². The van der Waals surface area contributed by atoms with Gasteiger partial charge in [-0.15, -0.1) is 0 Å². The molecule has 8 heteroatoms. The van der Waals surface area contributed by atoms with Gasteiger partial charge in [-0.25, -0.2) is 13.6 Å². The molecule has 3 aromatic rings.